The van der Waals surface area contributed by atoms with Gasteiger partial charge in [0, 0.05) is 17.5 Å². The number of alkyl carbamates (subject to hydrolysis) is 1. The van der Waals surface area contributed by atoms with Crippen molar-refractivity contribution in [3.05, 3.63) is 59.7 Å². The van der Waals surface area contributed by atoms with Crippen LogP contribution in [0.1, 0.15) is 96.6 Å². The molecule has 1 aromatic heterocycles. The SMILES string of the molecule is CCOC(=O)C1CC1C=CCCCCCC(NC(=O)OC(C)(C)C)C(=O)N1CC(Oc2nc(-c3ccccc3)cc3c2CCCC3)CC1C(N)=O. The van der Waals surface area contributed by atoms with Crippen molar-refractivity contribution in [1.29, 1.82) is 0 Å². The zero-order chi connectivity index (χ0) is 36.5. The van der Waals surface area contributed by atoms with Crippen LogP contribution < -0.4 is 15.8 Å². The molecule has 5 unspecified atom stereocenters. The highest BCUT2D eigenvalue weighted by Crippen LogP contribution is 2.41. The number of carbonyl (C=O) groups excluding carboxylic acids is 4. The van der Waals surface area contributed by atoms with Crippen LogP contribution in [-0.4, -0.2) is 70.7 Å². The van der Waals surface area contributed by atoms with Gasteiger partial charge in [0.2, 0.25) is 17.7 Å². The number of nitrogens with zero attached hydrogens (tertiary/aromatic N) is 2. The lowest BCUT2D eigenvalue weighted by Crippen LogP contribution is -2.53. The van der Waals surface area contributed by atoms with E-state index in [-0.39, 0.29) is 36.7 Å². The average molecular weight is 703 g/mol. The van der Waals surface area contributed by atoms with Crippen molar-refractivity contribution >= 4 is 23.9 Å². The number of nitrogens with two attached hydrogens (primary N) is 1. The first kappa shape index (κ1) is 37.8. The maximum Gasteiger partial charge on any atom is 0.408 e. The zero-order valence-electron chi connectivity index (χ0n) is 30.5. The number of unbranched alkanes of at least 4 members (excludes halogenated alkanes) is 3. The van der Waals surface area contributed by atoms with Crippen molar-refractivity contribution in [3.8, 4) is 17.1 Å². The van der Waals surface area contributed by atoms with Crippen molar-refractivity contribution < 1.29 is 33.4 Å². The highest BCUT2D eigenvalue weighted by Gasteiger charge is 2.43. The number of aryl methyl sites for hydroxylation is 1. The fourth-order valence-corrected chi connectivity index (χ4v) is 7.03. The summed E-state index contributed by atoms with van der Waals surface area (Å²) in [6, 6.07) is 10.3. The molecule has 3 N–H and O–H groups in total. The summed E-state index contributed by atoms with van der Waals surface area (Å²) in [5.74, 6) is -0.349. The molecule has 2 aromatic rings. The number of hydrogen-bond acceptors (Lipinski definition) is 8. The summed E-state index contributed by atoms with van der Waals surface area (Å²) >= 11 is 0. The molecule has 3 aliphatic rings. The first-order valence-electron chi connectivity index (χ1n) is 18.6. The van der Waals surface area contributed by atoms with Crippen LogP contribution >= 0.6 is 0 Å². The number of likely N-dealkylation sites (tertiary alicyclic amines) is 1. The maximum atomic E-state index is 14.1. The first-order valence-corrected chi connectivity index (χ1v) is 18.6. The number of rotatable bonds is 15. The number of pyridine rings is 1. The maximum absolute atomic E-state index is 14.1. The number of fused-ring (bicyclic) bond motifs is 1. The highest BCUT2D eigenvalue weighted by atomic mass is 16.6. The molecule has 0 radical (unpaired) electrons. The summed E-state index contributed by atoms with van der Waals surface area (Å²) in [5, 5.41) is 2.78. The van der Waals surface area contributed by atoms with E-state index in [0.29, 0.717) is 25.3 Å². The molecule has 5 atom stereocenters. The molecule has 0 bridgehead atoms. The molecular weight excluding hydrogens is 648 g/mol. The van der Waals surface area contributed by atoms with Gasteiger partial charge in [-0.3, -0.25) is 14.4 Å². The van der Waals surface area contributed by atoms with Gasteiger partial charge in [-0.1, -0.05) is 55.3 Å². The van der Waals surface area contributed by atoms with E-state index in [1.54, 1.807) is 20.8 Å². The number of nitrogens with one attached hydrogen (secondary N) is 1. The van der Waals surface area contributed by atoms with Gasteiger partial charge in [-0.2, -0.15) is 0 Å². The molecule has 5 rings (SSSR count). The standard InChI is InChI=1S/C40H54N4O7/c1-5-49-38(47)31-22-27(31)18-10-7-6-8-13-21-32(43-39(48)51-40(2,3)4)37(46)44-25-29(24-34(44)35(41)45)50-36-30-20-15-14-19-28(30)23-33(42-36)26-16-11-9-12-17-26/h9-12,16-18,23,27,29,31-32,34H,5-8,13-15,19-22,24-25H2,1-4H3,(H2,41,45)(H,43,48). The van der Waals surface area contributed by atoms with Crippen molar-refractivity contribution in [1.82, 2.24) is 15.2 Å². The molecule has 1 saturated heterocycles. The van der Waals surface area contributed by atoms with Crippen LogP contribution in [0.25, 0.3) is 11.3 Å². The van der Waals surface area contributed by atoms with Gasteiger partial charge in [-0.15, -0.1) is 0 Å². The Labute approximate surface area is 301 Å². The van der Waals surface area contributed by atoms with E-state index in [1.807, 2.05) is 37.3 Å². The van der Waals surface area contributed by atoms with Gasteiger partial charge in [-0.05, 0) is 96.6 Å². The predicted molar refractivity (Wildman–Crippen MR) is 194 cm³/mol. The molecule has 1 aliphatic heterocycles. The number of carbonyl (C=O) groups is 4. The number of aromatic nitrogens is 1. The predicted octanol–water partition coefficient (Wildman–Crippen LogP) is 6.06. The van der Waals surface area contributed by atoms with Crippen LogP contribution in [0.4, 0.5) is 4.79 Å². The summed E-state index contributed by atoms with van der Waals surface area (Å²) in [7, 11) is 0. The summed E-state index contributed by atoms with van der Waals surface area (Å²) in [4.78, 5) is 58.0. The van der Waals surface area contributed by atoms with Crippen molar-refractivity contribution in [2.45, 2.75) is 122 Å². The van der Waals surface area contributed by atoms with Gasteiger partial charge in [0.15, 0.2) is 0 Å². The second kappa shape index (κ2) is 17.2. The Kier molecular flexibility index (Phi) is 12.8. The highest BCUT2D eigenvalue weighted by molar-refractivity contribution is 5.91. The van der Waals surface area contributed by atoms with Crippen molar-refractivity contribution in [3.63, 3.8) is 0 Å². The molecule has 0 spiro atoms. The second-order valence-electron chi connectivity index (χ2n) is 14.9. The quantitative estimate of drug-likeness (QED) is 0.129. The van der Waals surface area contributed by atoms with Crippen LogP contribution in [-0.2, 0) is 36.7 Å². The Morgan fingerprint density at radius 1 is 1.06 bits per heavy atom. The number of esters is 1. The van der Waals surface area contributed by atoms with Crippen molar-refractivity contribution in [2.75, 3.05) is 13.2 Å². The number of allylic oxidation sites excluding steroid dienone is 2. The summed E-state index contributed by atoms with van der Waals surface area (Å²) in [6.45, 7) is 7.64. The summed E-state index contributed by atoms with van der Waals surface area (Å²) in [5.41, 5.74) is 9.23. The van der Waals surface area contributed by atoms with Gasteiger partial charge in [-0.25, -0.2) is 9.78 Å². The number of amides is 3. The third-order valence-corrected chi connectivity index (χ3v) is 9.69. The Bertz CT molecular complexity index is 1570. The topological polar surface area (TPSA) is 150 Å². The third-order valence-electron chi connectivity index (χ3n) is 9.69. The largest absolute Gasteiger partial charge is 0.472 e. The van der Waals surface area contributed by atoms with Crippen LogP contribution in [0.3, 0.4) is 0 Å². The Morgan fingerprint density at radius 2 is 1.82 bits per heavy atom. The van der Waals surface area contributed by atoms with Gasteiger partial charge in [0.05, 0.1) is 24.8 Å². The van der Waals surface area contributed by atoms with Gasteiger partial charge in [0.1, 0.15) is 23.8 Å². The first-order chi connectivity index (χ1) is 24.4. The van der Waals surface area contributed by atoms with Gasteiger partial charge in [0.25, 0.3) is 0 Å². The fraction of sp³-hybridized carbons (Fsp3) is 0.575. The van der Waals surface area contributed by atoms with Crippen LogP contribution in [0.5, 0.6) is 5.88 Å². The monoisotopic (exact) mass is 702 g/mol. The number of benzene rings is 1. The normalized spacial score (nSPS) is 21.8. The second-order valence-corrected chi connectivity index (χ2v) is 14.9. The molecule has 1 saturated carbocycles. The summed E-state index contributed by atoms with van der Waals surface area (Å²) < 4.78 is 17.2. The van der Waals surface area contributed by atoms with Gasteiger partial charge < -0.3 is 30.2 Å². The molecule has 2 fully saturated rings. The molecule has 51 heavy (non-hydrogen) atoms. The smallest absolute Gasteiger partial charge is 0.408 e. The van der Waals surface area contributed by atoms with Crippen LogP contribution in [0.15, 0.2) is 48.6 Å². The lowest BCUT2D eigenvalue weighted by atomic mass is 9.91. The molecule has 11 nitrogen and oxygen atoms in total. The van der Waals surface area contributed by atoms with Crippen molar-refractivity contribution in [2.24, 2.45) is 17.6 Å². The van der Waals surface area contributed by atoms with E-state index in [0.717, 1.165) is 68.2 Å². The minimum Gasteiger partial charge on any atom is -0.472 e. The molecule has 2 heterocycles. The Hall–Kier alpha value is -4.41. The van der Waals surface area contributed by atoms with Crippen LogP contribution in [0.2, 0.25) is 0 Å². The minimum absolute atomic E-state index is 0.0206. The lowest BCUT2D eigenvalue weighted by molar-refractivity contribution is -0.144. The lowest BCUT2D eigenvalue weighted by Gasteiger charge is -2.29. The Morgan fingerprint density at radius 3 is 2.55 bits per heavy atom. The molecule has 1 aromatic carbocycles. The van der Waals surface area contributed by atoms with E-state index in [1.165, 1.54) is 10.5 Å². The van der Waals surface area contributed by atoms with E-state index >= 15 is 0 Å². The number of primary amides is 1. The molecule has 11 heteroatoms. The zero-order valence-corrected chi connectivity index (χ0v) is 30.5. The fourth-order valence-electron chi connectivity index (χ4n) is 7.03. The Balaban J connectivity index is 1.23. The van der Waals surface area contributed by atoms with E-state index in [4.69, 9.17) is 24.9 Å². The van der Waals surface area contributed by atoms with Crippen LogP contribution in [0, 0.1) is 11.8 Å². The molecule has 276 valence electrons. The summed E-state index contributed by atoms with van der Waals surface area (Å²) in [6.07, 6.45) is 11.6. The molecular formula is C40H54N4O7. The minimum atomic E-state index is -0.903. The van der Waals surface area contributed by atoms with E-state index < -0.39 is 35.8 Å². The number of ether oxygens (including phenoxy) is 3. The molecule has 3 amide bonds. The van der Waals surface area contributed by atoms with Gasteiger partial charge >= 0.3 is 12.1 Å². The third kappa shape index (κ3) is 10.6. The van der Waals surface area contributed by atoms with E-state index in [2.05, 4.69) is 23.5 Å². The molecule has 2 aliphatic carbocycles. The average Bonchev–Trinajstić information content (AvgIpc) is 3.75. The van der Waals surface area contributed by atoms with E-state index in [9.17, 15) is 19.2 Å². The number of hydrogen-bond donors (Lipinski definition) is 2.